The molecule has 1 aromatic carbocycles. The number of aromatic nitrogens is 3. The van der Waals surface area contributed by atoms with Gasteiger partial charge in [0.2, 0.25) is 0 Å². The van der Waals surface area contributed by atoms with Crippen LogP contribution in [0.25, 0.3) is 0 Å². The average Bonchev–Trinajstić information content (AvgIpc) is 3.21. The van der Waals surface area contributed by atoms with E-state index in [1.54, 1.807) is 13.3 Å². The van der Waals surface area contributed by atoms with Gasteiger partial charge in [0.25, 0.3) is 5.91 Å². The number of carbonyl (C=O) groups is 1. The molecule has 1 saturated heterocycles. The van der Waals surface area contributed by atoms with Crippen molar-refractivity contribution in [3.63, 3.8) is 0 Å². The second kappa shape index (κ2) is 10.2. The lowest BCUT2D eigenvalue weighted by atomic mass is 10.0. The minimum Gasteiger partial charge on any atom is -0.494 e. The van der Waals surface area contributed by atoms with Crippen molar-refractivity contribution in [1.29, 1.82) is 0 Å². The summed E-state index contributed by atoms with van der Waals surface area (Å²) >= 11 is 0. The number of likely N-dealkylation sites (tertiary alicyclic amines) is 1. The molecule has 28 heavy (non-hydrogen) atoms. The zero-order valence-electron chi connectivity index (χ0n) is 16.6. The fourth-order valence-corrected chi connectivity index (χ4v) is 3.37. The van der Waals surface area contributed by atoms with Crippen molar-refractivity contribution in [1.82, 2.24) is 25.2 Å². The lowest BCUT2D eigenvalue weighted by Gasteiger charge is -2.31. The van der Waals surface area contributed by atoms with Crippen LogP contribution in [0.4, 0.5) is 0 Å². The zero-order valence-corrected chi connectivity index (χ0v) is 16.6. The molecule has 0 atom stereocenters. The maximum absolute atomic E-state index is 12.0. The molecular formula is C20H29N5O3. The first kappa shape index (κ1) is 20.3. The van der Waals surface area contributed by atoms with E-state index in [4.69, 9.17) is 9.47 Å². The van der Waals surface area contributed by atoms with Crippen molar-refractivity contribution < 1.29 is 14.3 Å². The quantitative estimate of drug-likeness (QED) is 0.662. The minimum atomic E-state index is -0.212. The molecular weight excluding hydrogens is 358 g/mol. The van der Waals surface area contributed by atoms with Gasteiger partial charge < -0.3 is 14.8 Å². The molecule has 0 aliphatic carbocycles. The maximum atomic E-state index is 12.0. The molecule has 8 heteroatoms. The standard InChI is InChI=1S/C20H29N5O3/c1-3-28-18-6-4-16(5-7-18)14-24-11-8-17(9-12-24)25-15-19(22-23-25)20(26)21-10-13-27-2/h4-7,15,17H,3,8-14H2,1-2H3,(H,21,26). The lowest BCUT2D eigenvalue weighted by Crippen LogP contribution is -2.34. The van der Waals surface area contributed by atoms with Crippen molar-refractivity contribution in [2.75, 3.05) is 40.0 Å². The Morgan fingerprint density at radius 3 is 2.68 bits per heavy atom. The predicted molar refractivity (Wildman–Crippen MR) is 105 cm³/mol. The molecule has 1 N–H and O–H groups in total. The van der Waals surface area contributed by atoms with Gasteiger partial charge in [0.15, 0.2) is 5.69 Å². The number of hydrogen-bond donors (Lipinski definition) is 1. The van der Waals surface area contributed by atoms with Crippen LogP contribution in [0.15, 0.2) is 30.5 Å². The van der Waals surface area contributed by atoms with Crippen molar-refractivity contribution in [3.8, 4) is 5.75 Å². The molecule has 152 valence electrons. The molecule has 2 heterocycles. The molecule has 0 radical (unpaired) electrons. The van der Waals surface area contributed by atoms with E-state index < -0.39 is 0 Å². The zero-order chi connectivity index (χ0) is 19.8. The Balaban J connectivity index is 1.46. The van der Waals surface area contributed by atoms with Gasteiger partial charge in [0.1, 0.15) is 5.75 Å². The number of methoxy groups -OCH3 is 1. The van der Waals surface area contributed by atoms with Crippen LogP contribution in [0.2, 0.25) is 0 Å². The normalized spacial score (nSPS) is 15.5. The highest BCUT2D eigenvalue weighted by atomic mass is 16.5. The van der Waals surface area contributed by atoms with Crippen molar-refractivity contribution >= 4 is 5.91 Å². The first-order chi connectivity index (χ1) is 13.7. The summed E-state index contributed by atoms with van der Waals surface area (Å²) in [6.07, 6.45) is 3.73. The van der Waals surface area contributed by atoms with E-state index in [9.17, 15) is 4.79 Å². The molecule has 0 bridgehead atoms. The number of piperidine rings is 1. The Bertz CT molecular complexity index is 739. The Hall–Kier alpha value is -2.45. The molecule has 1 amide bonds. The molecule has 3 rings (SSSR count). The van der Waals surface area contributed by atoms with E-state index in [0.717, 1.165) is 38.2 Å². The molecule has 1 aliphatic heterocycles. The second-order valence-electron chi connectivity index (χ2n) is 6.92. The SMILES string of the molecule is CCOc1ccc(CN2CCC(n3cc(C(=O)NCCOC)nn3)CC2)cc1. The van der Waals surface area contributed by atoms with Gasteiger partial charge in [-0.3, -0.25) is 9.69 Å². The van der Waals surface area contributed by atoms with Gasteiger partial charge in [-0.2, -0.15) is 0 Å². The number of hydrogen-bond acceptors (Lipinski definition) is 6. The number of amides is 1. The largest absolute Gasteiger partial charge is 0.494 e. The first-order valence-corrected chi connectivity index (χ1v) is 9.82. The highest BCUT2D eigenvalue weighted by Crippen LogP contribution is 2.23. The van der Waals surface area contributed by atoms with Crippen LogP contribution in [-0.2, 0) is 11.3 Å². The molecule has 0 unspecified atom stereocenters. The van der Waals surface area contributed by atoms with Crippen LogP contribution in [0.5, 0.6) is 5.75 Å². The van der Waals surface area contributed by atoms with Crippen molar-refractivity contribution in [3.05, 3.63) is 41.7 Å². The summed E-state index contributed by atoms with van der Waals surface area (Å²) in [5, 5.41) is 10.9. The Morgan fingerprint density at radius 1 is 1.25 bits per heavy atom. The van der Waals surface area contributed by atoms with E-state index in [1.165, 1.54) is 5.56 Å². The molecule has 8 nitrogen and oxygen atoms in total. The summed E-state index contributed by atoms with van der Waals surface area (Å²) in [5.41, 5.74) is 1.64. The van der Waals surface area contributed by atoms with Gasteiger partial charge in [-0.25, -0.2) is 4.68 Å². The summed E-state index contributed by atoms with van der Waals surface area (Å²) in [6.45, 7) is 6.54. The van der Waals surface area contributed by atoms with E-state index in [-0.39, 0.29) is 11.9 Å². The number of carbonyl (C=O) groups excluding carboxylic acids is 1. The monoisotopic (exact) mass is 387 g/mol. The van der Waals surface area contributed by atoms with Crippen molar-refractivity contribution in [2.24, 2.45) is 0 Å². The molecule has 0 saturated carbocycles. The number of nitrogens with zero attached hydrogens (tertiary/aromatic N) is 4. The molecule has 1 fully saturated rings. The van der Waals surface area contributed by atoms with Crippen LogP contribution >= 0.6 is 0 Å². The molecule has 0 spiro atoms. The Labute approximate surface area is 165 Å². The van der Waals surface area contributed by atoms with Crippen LogP contribution in [0.1, 0.15) is 41.9 Å². The number of nitrogens with one attached hydrogen (secondary N) is 1. The molecule has 1 aromatic heterocycles. The number of ether oxygens (including phenoxy) is 2. The Kier molecular flexibility index (Phi) is 7.39. The van der Waals surface area contributed by atoms with E-state index in [1.807, 2.05) is 23.7 Å². The molecule has 2 aromatic rings. The summed E-state index contributed by atoms with van der Waals surface area (Å²) in [5.74, 6) is 0.703. The van der Waals surface area contributed by atoms with Crippen LogP contribution < -0.4 is 10.1 Å². The third-order valence-electron chi connectivity index (χ3n) is 4.91. The summed E-state index contributed by atoms with van der Waals surface area (Å²) in [4.78, 5) is 14.5. The van der Waals surface area contributed by atoms with Gasteiger partial charge in [-0.05, 0) is 37.5 Å². The molecule has 1 aliphatic rings. The average molecular weight is 387 g/mol. The maximum Gasteiger partial charge on any atom is 0.273 e. The highest BCUT2D eigenvalue weighted by Gasteiger charge is 2.22. The number of benzene rings is 1. The summed E-state index contributed by atoms with van der Waals surface area (Å²) in [7, 11) is 1.60. The van der Waals surface area contributed by atoms with Gasteiger partial charge in [-0.1, -0.05) is 17.3 Å². The lowest BCUT2D eigenvalue weighted by molar-refractivity contribution is 0.0932. The third kappa shape index (κ3) is 5.53. The summed E-state index contributed by atoms with van der Waals surface area (Å²) in [6, 6.07) is 8.59. The van der Waals surface area contributed by atoms with Crippen molar-refractivity contribution in [2.45, 2.75) is 32.4 Å². The second-order valence-corrected chi connectivity index (χ2v) is 6.92. The fraction of sp³-hybridized carbons (Fsp3) is 0.550. The van der Waals surface area contributed by atoms with E-state index >= 15 is 0 Å². The van der Waals surface area contributed by atoms with Crippen LogP contribution in [0.3, 0.4) is 0 Å². The minimum absolute atomic E-state index is 0.212. The highest BCUT2D eigenvalue weighted by molar-refractivity contribution is 5.91. The van der Waals surface area contributed by atoms with Crippen LogP contribution in [0, 0.1) is 0 Å². The van der Waals surface area contributed by atoms with Gasteiger partial charge in [0, 0.05) is 33.3 Å². The Morgan fingerprint density at radius 2 is 2.00 bits per heavy atom. The first-order valence-electron chi connectivity index (χ1n) is 9.82. The summed E-state index contributed by atoms with van der Waals surface area (Å²) < 4.78 is 12.3. The van der Waals surface area contributed by atoms with Gasteiger partial charge >= 0.3 is 0 Å². The fourth-order valence-electron chi connectivity index (χ4n) is 3.37. The van der Waals surface area contributed by atoms with Gasteiger partial charge in [0.05, 0.1) is 25.5 Å². The van der Waals surface area contributed by atoms with E-state index in [0.29, 0.717) is 25.5 Å². The topological polar surface area (TPSA) is 81.5 Å². The van der Waals surface area contributed by atoms with Crippen LogP contribution in [-0.4, -0.2) is 65.8 Å². The number of rotatable bonds is 9. The smallest absolute Gasteiger partial charge is 0.273 e. The van der Waals surface area contributed by atoms with Gasteiger partial charge in [-0.15, -0.1) is 5.10 Å². The third-order valence-corrected chi connectivity index (χ3v) is 4.91. The van der Waals surface area contributed by atoms with E-state index in [2.05, 4.69) is 32.7 Å². The predicted octanol–water partition coefficient (Wildman–Crippen LogP) is 1.89.